The van der Waals surface area contributed by atoms with Crippen molar-refractivity contribution in [1.29, 1.82) is 0 Å². The monoisotopic (exact) mass is 318 g/mol. The van der Waals surface area contributed by atoms with Crippen LogP contribution in [0.3, 0.4) is 0 Å². The second kappa shape index (κ2) is 7.51. The lowest BCUT2D eigenvalue weighted by Crippen LogP contribution is -2.26. The molecule has 2 heterocycles. The van der Waals surface area contributed by atoms with Gasteiger partial charge in [-0.05, 0) is 42.8 Å². The maximum atomic E-state index is 12.1. The van der Waals surface area contributed by atoms with Crippen LogP contribution in [0.4, 0.5) is 0 Å². The van der Waals surface area contributed by atoms with Crippen LogP contribution < -0.4 is 10.0 Å². The van der Waals surface area contributed by atoms with Crippen molar-refractivity contribution in [3.05, 3.63) is 17.0 Å². The Morgan fingerprint density at radius 1 is 1.50 bits per heavy atom. The number of sulfonamides is 1. The summed E-state index contributed by atoms with van der Waals surface area (Å²) in [7, 11) is -3.37. The second-order valence-electron chi connectivity index (χ2n) is 4.88. The van der Waals surface area contributed by atoms with Gasteiger partial charge in [-0.2, -0.15) is 0 Å². The Kier molecular flexibility index (Phi) is 5.98. The third-order valence-electron chi connectivity index (χ3n) is 3.26. The molecule has 0 amide bonds. The predicted molar refractivity (Wildman–Crippen MR) is 80.5 cm³/mol. The van der Waals surface area contributed by atoms with Crippen molar-refractivity contribution in [3.8, 4) is 0 Å². The highest BCUT2D eigenvalue weighted by molar-refractivity contribution is 7.91. The molecule has 1 atom stereocenters. The number of rotatable bonds is 8. The van der Waals surface area contributed by atoms with Crippen molar-refractivity contribution in [2.75, 3.05) is 19.7 Å². The molecule has 1 unspecified atom stereocenters. The fourth-order valence-corrected chi connectivity index (χ4v) is 4.46. The van der Waals surface area contributed by atoms with Gasteiger partial charge in [-0.25, -0.2) is 13.1 Å². The van der Waals surface area contributed by atoms with E-state index in [9.17, 15) is 8.42 Å². The Balaban J connectivity index is 1.83. The Labute approximate surface area is 124 Å². The minimum atomic E-state index is -3.37. The van der Waals surface area contributed by atoms with E-state index in [-0.39, 0.29) is 6.10 Å². The Morgan fingerprint density at radius 2 is 2.35 bits per heavy atom. The number of hydrogen-bond acceptors (Lipinski definition) is 5. The molecule has 1 aromatic rings. The first-order chi connectivity index (χ1) is 9.62. The SMILES string of the molecule is CCNCc1csc(S(=O)(=O)NCCC2CCCO2)c1. The van der Waals surface area contributed by atoms with E-state index in [0.29, 0.717) is 17.3 Å². The molecule has 0 aromatic carbocycles. The summed E-state index contributed by atoms with van der Waals surface area (Å²) in [4.78, 5) is 0. The highest BCUT2D eigenvalue weighted by Crippen LogP contribution is 2.20. The van der Waals surface area contributed by atoms with E-state index in [4.69, 9.17) is 4.74 Å². The average Bonchev–Trinajstić information content (AvgIpc) is 3.07. The van der Waals surface area contributed by atoms with E-state index in [1.165, 1.54) is 11.3 Å². The van der Waals surface area contributed by atoms with Crippen LogP contribution in [0.25, 0.3) is 0 Å². The number of hydrogen-bond donors (Lipinski definition) is 2. The molecule has 20 heavy (non-hydrogen) atoms. The molecular formula is C13H22N2O3S2. The maximum absolute atomic E-state index is 12.1. The molecule has 1 aliphatic rings. The second-order valence-corrected chi connectivity index (χ2v) is 7.78. The lowest BCUT2D eigenvalue weighted by molar-refractivity contribution is 0.105. The molecule has 1 saturated heterocycles. The van der Waals surface area contributed by atoms with E-state index in [2.05, 4.69) is 10.0 Å². The standard InChI is InChI=1S/C13H22N2O3S2/c1-2-14-9-11-8-13(19-10-11)20(16,17)15-6-5-12-4-3-7-18-12/h8,10,12,14-15H,2-7,9H2,1H3. The Morgan fingerprint density at radius 3 is 3.05 bits per heavy atom. The molecular weight excluding hydrogens is 296 g/mol. The van der Waals surface area contributed by atoms with Gasteiger partial charge >= 0.3 is 0 Å². The van der Waals surface area contributed by atoms with Crippen LogP contribution in [-0.4, -0.2) is 34.2 Å². The summed E-state index contributed by atoms with van der Waals surface area (Å²) in [6, 6.07) is 1.74. The van der Waals surface area contributed by atoms with Gasteiger partial charge in [-0.1, -0.05) is 6.92 Å². The lowest BCUT2D eigenvalue weighted by Gasteiger charge is -2.09. The molecule has 1 aliphatic heterocycles. The van der Waals surface area contributed by atoms with Gasteiger partial charge in [0.05, 0.1) is 6.10 Å². The molecule has 0 saturated carbocycles. The zero-order chi connectivity index (χ0) is 14.4. The summed E-state index contributed by atoms with van der Waals surface area (Å²) < 4.78 is 32.8. The van der Waals surface area contributed by atoms with Crippen LogP contribution in [0, 0.1) is 0 Å². The average molecular weight is 318 g/mol. The molecule has 1 aromatic heterocycles. The molecule has 0 radical (unpaired) electrons. The molecule has 5 nitrogen and oxygen atoms in total. The van der Waals surface area contributed by atoms with E-state index in [1.807, 2.05) is 12.3 Å². The minimum Gasteiger partial charge on any atom is -0.378 e. The number of ether oxygens (including phenoxy) is 1. The normalized spacial score (nSPS) is 19.6. The van der Waals surface area contributed by atoms with E-state index in [0.717, 1.165) is 38.0 Å². The van der Waals surface area contributed by atoms with Crippen LogP contribution in [0.1, 0.15) is 31.7 Å². The first-order valence-corrected chi connectivity index (χ1v) is 9.37. The lowest BCUT2D eigenvalue weighted by atomic mass is 10.2. The van der Waals surface area contributed by atoms with Crippen molar-refractivity contribution in [2.24, 2.45) is 0 Å². The first-order valence-electron chi connectivity index (χ1n) is 7.01. The summed E-state index contributed by atoms with van der Waals surface area (Å²) in [5, 5.41) is 5.07. The van der Waals surface area contributed by atoms with Crippen LogP contribution in [0.2, 0.25) is 0 Å². The van der Waals surface area contributed by atoms with Gasteiger partial charge in [-0.3, -0.25) is 0 Å². The summed E-state index contributed by atoms with van der Waals surface area (Å²) in [6.07, 6.45) is 3.07. The van der Waals surface area contributed by atoms with Gasteiger partial charge in [0, 0.05) is 19.7 Å². The zero-order valence-corrected chi connectivity index (χ0v) is 13.4. The molecule has 0 aliphatic carbocycles. The van der Waals surface area contributed by atoms with Gasteiger partial charge in [0.15, 0.2) is 0 Å². The first kappa shape index (κ1) is 15.9. The predicted octanol–water partition coefficient (Wildman–Crippen LogP) is 1.70. The number of nitrogens with one attached hydrogen (secondary N) is 2. The molecule has 1 fully saturated rings. The van der Waals surface area contributed by atoms with Crippen LogP contribution in [0.15, 0.2) is 15.7 Å². The van der Waals surface area contributed by atoms with Crippen LogP contribution in [0.5, 0.6) is 0 Å². The van der Waals surface area contributed by atoms with Crippen molar-refractivity contribution in [3.63, 3.8) is 0 Å². The van der Waals surface area contributed by atoms with Gasteiger partial charge in [-0.15, -0.1) is 11.3 Å². The largest absolute Gasteiger partial charge is 0.378 e. The summed E-state index contributed by atoms with van der Waals surface area (Å²) in [5.41, 5.74) is 1.01. The molecule has 0 spiro atoms. The highest BCUT2D eigenvalue weighted by atomic mass is 32.2. The smallest absolute Gasteiger partial charge is 0.250 e. The zero-order valence-electron chi connectivity index (χ0n) is 11.7. The van der Waals surface area contributed by atoms with Gasteiger partial charge in [0.1, 0.15) is 4.21 Å². The van der Waals surface area contributed by atoms with E-state index >= 15 is 0 Å². The summed E-state index contributed by atoms with van der Waals surface area (Å²) in [5.74, 6) is 0. The summed E-state index contributed by atoms with van der Waals surface area (Å²) >= 11 is 1.27. The maximum Gasteiger partial charge on any atom is 0.250 e. The molecule has 7 heteroatoms. The third kappa shape index (κ3) is 4.53. The molecule has 0 bridgehead atoms. The van der Waals surface area contributed by atoms with Crippen molar-refractivity contribution < 1.29 is 13.2 Å². The summed E-state index contributed by atoms with van der Waals surface area (Å²) in [6.45, 7) is 4.84. The molecule has 114 valence electrons. The Bertz CT molecular complexity index is 507. The third-order valence-corrected chi connectivity index (χ3v) is 6.21. The Hall–Kier alpha value is -0.470. The van der Waals surface area contributed by atoms with E-state index < -0.39 is 10.0 Å². The quantitative estimate of drug-likeness (QED) is 0.766. The fraction of sp³-hybridized carbons (Fsp3) is 0.692. The van der Waals surface area contributed by atoms with Crippen LogP contribution in [-0.2, 0) is 21.3 Å². The topological polar surface area (TPSA) is 67.4 Å². The van der Waals surface area contributed by atoms with Crippen LogP contribution >= 0.6 is 11.3 Å². The molecule has 2 rings (SSSR count). The van der Waals surface area contributed by atoms with Crippen molar-refractivity contribution >= 4 is 21.4 Å². The van der Waals surface area contributed by atoms with Gasteiger partial charge < -0.3 is 10.1 Å². The highest BCUT2D eigenvalue weighted by Gasteiger charge is 2.19. The van der Waals surface area contributed by atoms with Crippen molar-refractivity contribution in [1.82, 2.24) is 10.0 Å². The van der Waals surface area contributed by atoms with Gasteiger partial charge in [0.2, 0.25) is 10.0 Å². The van der Waals surface area contributed by atoms with E-state index in [1.54, 1.807) is 6.07 Å². The molecule has 2 N–H and O–H groups in total. The van der Waals surface area contributed by atoms with Gasteiger partial charge in [0.25, 0.3) is 0 Å². The number of thiophene rings is 1. The fourth-order valence-electron chi connectivity index (χ4n) is 2.15. The minimum absolute atomic E-state index is 0.213. The van der Waals surface area contributed by atoms with Crippen molar-refractivity contribution in [2.45, 2.75) is 43.0 Å².